The zero-order valence-corrected chi connectivity index (χ0v) is 14.5. The lowest BCUT2D eigenvalue weighted by molar-refractivity contribution is 0.264. The number of methoxy groups -OCH3 is 1. The van der Waals surface area contributed by atoms with Crippen molar-refractivity contribution in [2.45, 2.75) is 20.0 Å². The minimum absolute atomic E-state index is 0.754. The van der Waals surface area contributed by atoms with Crippen molar-refractivity contribution >= 4 is 21.9 Å². The van der Waals surface area contributed by atoms with Crippen LogP contribution in [-0.2, 0) is 13.1 Å². The maximum atomic E-state index is 5.43. The zero-order chi connectivity index (χ0) is 17.2. The minimum atomic E-state index is 0.754. The van der Waals surface area contributed by atoms with E-state index in [4.69, 9.17) is 9.26 Å². The number of H-pyrrole nitrogens is 1. The summed E-state index contributed by atoms with van der Waals surface area (Å²) in [5.74, 6) is 0.874. The largest absolute Gasteiger partial charge is 0.497 e. The molecule has 0 saturated heterocycles. The van der Waals surface area contributed by atoms with Crippen LogP contribution in [0.3, 0.4) is 0 Å². The highest BCUT2D eigenvalue weighted by Gasteiger charge is 2.14. The number of ether oxygens (including phenoxy) is 1. The van der Waals surface area contributed by atoms with Gasteiger partial charge in [0.25, 0.3) is 0 Å². The lowest BCUT2D eigenvalue weighted by Crippen LogP contribution is -2.22. The summed E-state index contributed by atoms with van der Waals surface area (Å²) in [6, 6.07) is 14.1. The lowest BCUT2D eigenvalue weighted by Gasteiger charge is -2.18. The molecule has 2 aromatic carbocycles. The molecule has 0 spiro atoms. The molecule has 0 aliphatic rings. The van der Waals surface area contributed by atoms with Crippen molar-refractivity contribution in [2.75, 3.05) is 13.7 Å². The van der Waals surface area contributed by atoms with Crippen molar-refractivity contribution in [3.8, 4) is 5.75 Å². The van der Waals surface area contributed by atoms with Gasteiger partial charge in [0.1, 0.15) is 11.4 Å². The molecule has 0 atom stereocenters. The Kier molecular flexibility index (Phi) is 4.15. The van der Waals surface area contributed by atoms with Gasteiger partial charge in [0, 0.05) is 35.6 Å². The van der Waals surface area contributed by atoms with Gasteiger partial charge < -0.3 is 14.2 Å². The fraction of sp³-hybridized carbons (Fsp3) is 0.250. The number of hydrogen-bond donors (Lipinski definition) is 1. The van der Waals surface area contributed by atoms with E-state index in [0.717, 1.165) is 47.6 Å². The maximum absolute atomic E-state index is 5.43. The topological polar surface area (TPSA) is 54.3 Å². The van der Waals surface area contributed by atoms with E-state index in [0.29, 0.717) is 0 Å². The zero-order valence-electron chi connectivity index (χ0n) is 14.5. The van der Waals surface area contributed by atoms with Crippen LogP contribution < -0.4 is 4.74 Å². The molecular weight excluding hydrogens is 314 g/mol. The number of nitrogens with one attached hydrogen (secondary N) is 1. The van der Waals surface area contributed by atoms with Crippen LogP contribution in [0.4, 0.5) is 0 Å². The summed E-state index contributed by atoms with van der Waals surface area (Å²) in [6.45, 7) is 4.69. The van der Waals surface area contributed by atoms with Crippen LogP contribution in [0, 0.1) is 0 Å². The molecule has 0 fully saturated rings. The van der Waals surface area contributed by atoms with Gasteiger partial charge in [-0.05, 0) is 42.4 Å². The molecular formula is C20H21N3O2. The maximum Gasteiger partial charge on any atom is 0.167 e. The van der Waals surface area contributed by atoms with Crippen molar-refractivity contribution in [2.24, 2.45) is 0 Å². The highest BCUT2D eigenvalue weighted by Crippen LogP contribution is 2.26. The van der Waals surface area contributed by atoms with E-state index >= 15 is 0 Å². The lowest BCUT2D eigenvalue weighted by atomic mass is 10.1. The van der Waals surface area contributed by atoms with Crippen LogP contribution in [0.2, 0.25) is 0 Å². The number of rotatable bonds is 6. The molecule has 1 N–H and O–H groups in total. The molecule has 0 aliphatic carbocycles. The van der Waals surface area contributed by atoms with E-state index in [-0.39, 0.29) is 0 Å². The van der Waals surface area contributed by atoms with Crippen LogP contribution >= 0.6 is 0 Å². The van der Waals surface area contributed by atoms with Crippen molar-refractivity contribution < 1.29 is 9.26 Å². The Hall–Kier alpha value is -2.79. The van der Waals surface area contributed by atoms with Crippen LogP contribution in [0.15, 0.2) is 53.2 Å². The fourth-order valence-electron chi connectivity index (χ4n) is 3.20. The summed E-state index contributed by atoms with van der Waals surface area (Å²) in [5, 5.41) is 6.54. The van der Waals surface area contributed by atoms with Crippen molar-refractivity contribution in [3.63, 3.8) is 0 Å². The van der Waals surface area contributed by atoms with Crippen molar-refractivity contribution in [1.82, 2.24) is 15.0 Å². The third-order valence-corrected chi connectivity index (χ3v) is 4.64. The predicted octanol–water partition coefficient (Wildman–Crippen LogP) is 4.34. The normalized spacial score (nSPS) is 11.6. The van der Waals surface area contributed by atoms with Gasteiger partial charge in [0.2, 0.25) is 0 Å². The third-order valence-electron chi connectivity index (χ3n) is 4.64. The molecule has 4 aromatic rings. The molecule has 5 nitrogen and oxygen atoms in total. The van der Waals surface area contributed by atoms with E-state index in [1.54, 1.807) is 7.11 Å². The second kappa shape index (κ2) is 6.61. The molecule has 4 rings (SSSR count). The van der Waals surface area contributed by atoms with Gasteiger partial charge >= 0.3 is 0 Å². The Labute approximate surface area is 146 Å². The Morgan fingerprint density at radius 2 is 2.00 bits per heavy atom. The van der Waals surface area contributed by atoms with E-state index in [1.807, 2.05) is 24.3 Å². The Morgan fingerprint density at radius 1 is 1.12 bits per heavy atom. The SMILES string of the molecule is CCN(Cc1c[nH]c2ccc(OC)cc12)Cc1noc2ccccc12. The molecule has 25 heavy (non-hydrogen) atoms. The average molecular weight is 335 g/mol. The summed E-state index contributed by atoms with van der Waals surface area (Å²) in [5.41, 5.74) is 4.20. The quantitative estimate of drug-likeness (QED) is 0.569. The molecule has 2 aromatic heterocycles. The third kappa shape index (κ3) is 2.98. The summed E-state index contributed by atoms with van der Waals surface area (Å²) in [7, 11) is 1.70. The highest BCUT2D eigenvalue weighted by atomic mass is 16.5. The van der Waals surface area contributed by atoms with Crippen molar-refractivity contribution in [3.05, 3.63) is 59.9 Å². The predicted molar refractivity (Wildman–Crippen MR) is 98.6 cm³/mol. The number of benzene rings is 2. The van der Waals surface area contributed by atoms with E-state index in [9.17, 15) is 0 Å². The Bertz CT molecular complexity index is 1000. The van der Waals surface area contributed by atoms with E-state index < -0.39 is 0 Å². The standard InChI is InChI=1S/C20H21N3O2/c1-3-23(13-19-16-6-4-5-7-20(16)25-22-19)12-14-11-21-18-9-8-15(24-2)10-17(14)18/h4-11,21H,3,12-13H2,1-2H3. The number of aromatic nitrogens is 2. The van der Waals surface area contributed by atoms with Crippen LogP contribution in [0.1, 0.15) is 18.2 Å². The summed E-state index contributed by atoms with van der Waals surface area (Å²) >= 11 is 0. The van der Waals surface area contributed by atoms with Gasteiger partial charge in [-0.15, -0.1) is 0 Å². The van der Waals surface area contributed by atoms with E-state index in [1.165, 1.54) is 10.9 Å². The summed E-state index contributed by atoms with van der Waals surface area (Å²) in [6.07, 6.45) is 2.08. The van der Waals surface area contributed by atoms with Gasteiger partial charge in [-0.25, -0.2) is 0 Å². The first kappa shape index (κ1) is 15.7. The molecule has 0 amide bonds. The molecule has 0 unspecified atom stereocenters. The van der Waals surface area contributed by atoms with E-state index in [2.05, 4.69) is 46.4 Å². The van der Waals surface area contributed by atoms with Gasteiger partial charge in [-0.2, -0.15) is 0 Å². The first-order chi connectivity index (χ1) is 12.3. The van der Waals surface area contributed by atoms with Gasteiger partial charge in [-0.3, -0.25) is 4.90 Å². The first-order valence-electron chi connectivity index (χ1n) is 8.48. The monoisotopic (exact) mass is 335 g/mol. The second-order valence-corrected chi connectivity index (χ2v) is 6.15. The number of para-hydroxylation sites is 1. The highest BCUT2D eigenvalue weighted by molar-refractivity contribution is 5.84. The molecule has 0 radical (unpaired) electrons. The number of aromatic amines is 1. The molecule has 0 saturated carbocycles. The smallest absolute Gasteiger partial charge is 0.167 e. The Balaban J connectivity index is 1.60. The average Bonchev–Trinajstić information content (AvgIpc) is 3.25. The molecule has 0 aliphatic heterocycles. The molecule has 128 valence electrons. The van der Waals surface area contributed by atoms with Crippen LogP contribution in [-0.4, -0.2) is 28.7 Å². The Morgan fingerprint density at radius 3 is 2.84 bits per heavy atom. The second-order valence-electron chi connectivity index (χ2n) is 6.15. The number of hydrogen-bond acceptors (Lipinski definition) is 4. The fourth-order valence-corrected chi connectivity index (χ4v) is 3.20. The number of nitrogens with zero attached hydrogens (tertiary/aromatic N) is 2. The number of fused-ring (bicyclic) bond motifs is 2. The van der Waals surface area contributed by atoms with Gasteiger partial charge in [0.15, 0.2) is 5.58 Å². The molecule has 0 bridgehead atoms. The van der Waals surface area contributed by atoms with Gasteiger partial charge in [-0.1, -0.05) is 24.2 Å². The van der Waals surface area contributed by atoms with Crippen LogP contribution in [0.5, 0.6) is 5.75 Å². The molecule has 5 heteroatoms. The molecule has 2 heterocycles. The van der Waals surface area contributed by atoms with Crippen LogP contribution in [0.25, 0.3) is 21.9 Å². The first-order valence-corrected chi connectivity index (χ1v) is 8.48. The minimum Gasteiger partial charge on any atom is -0.497 e. The van der Waals surface area contributed by atoms with Gasteiger partial charge in [0.05, 0.1) is 7.11 Å². The summed E-state index contributed by atoms with van der Waals surface area (Å²) in [4.78, 5) is 5.69. The summed E-state index contributed by atoms with van der Waals surface area (Å²) < 4.78 is 10.8. The van der Waals surface area contributed by atoms with Crippen molar-refractivity contribution in [1.29, 1.82) is 0 Å².